The number of ketones is 2. The number of allylic oxidation sites excluding steroid dienone is 4. The molecule has 5 nitrogen and oxygen atoms in total. The van der Waals surface area contributed by atoms with Gasteiger partial charge in [-0.05, 0) is 49.8 Å². The quantitative estimate of drug-likeness (QED) is 0.489. The van der Waals surface area contributed by atoms with Crippen molar-refractivity contribution in [2.45, 2.75) is 77.0 Å². The summed E-state index contributed by atoms with van der Waals surface area (Å²) >= 11 is 0. The van der Waals surface area contributed by atoms with E-state index in [0.29, 0.717) is 30.9 Å². The molecule has 172 valence electrons. The van der Waals surface area contributed by atoms with Crippen LogP contribution < -0.4 is 9.47 Å². The maximum Gasteiger partial charge on any atom is 0.161 e. The lowest BCUT2D eigenvalue weighted by Gasteiger charge is -2.42. The van der Waals surface area contributed by atoms with E-state index in [1.54, 1.807) is 7.11 Å². The number of ether oxygens (including phenoxy) is 2. The third-order valence-electron chi connectivity index (χ3n) is 7.02. The normalized spacial score (nSPS) is 19.3. The molecule has 1 heterocycles. The third kappa shape index (κ3) is 4.22. The molecular formula is C27H35NO4. The van der Waals surface area contributed by atoms with E-state index in [9.17, 15) is 9.59 Å². The first-order valence-corrected chi connectivity index (χ1v) is 12.1. The molecule has 0 bridgehead atoms. The van der Waals surface area contributed by atoms with E-state index < -0.39 is 0 Å². The number of carbonyl (C=O) groups excluding carboxylic acids is 2. The Balaban J connectivity index is 1.71. The minimum atomic E-state index is -0.302. The number of hydrogen-bond acceptors (Lipinski definition) is 5. The second kappa shape index (κ2) is 9.93. The van der Waals surface area contributed by atoms with Crippen LogP contribution in [0.15, 0.2) is 40.7 Å². The molecule has 0 spiro atoms. The second-order valence-electron chi connectivity index (χ2n) is 9.09. The summed E-state index contributed by atoms with van der Waals surface area (Å²) in [6.07, 6.45) is 9.21. The number of hydrogen-bond donors (Lipinski definition) is 0. The number of carbonyl (C=O) groups is 2. The van der Waals surface area contributed by atoms with Gasteiger partial charge < -0.3 is 14.4 Å². The fraction of sp³-hybridized carbons (Fsp3) is 0.556. The highest BCUT2D eigenvalue weighted by atomic mass is 16.5. The molecule has 0 saturated carbocycles. The standard InChI is InChI=1S/C27H35NO4/c1-4-5-6-7-16-32-23-15-14-18(17-24(23)31-3)25-26-19(10-8-12-21(26)29)28(2)20-11-9-13-22(30)27(20)25/h14-15,17,25H,4-13,16H2,1-3H3. The molecule has 3 aliphatic rings. The van der Waals surface area contributed by atoms with Crippen LogP contribution in [0, 0.1) is 0 Å². The van der Waals surface area contributed by atoms with Crippen molar-refractivity contribution in [1.29, 1.82) is 0 Å². The number of nitrogens with zero attached hydrogens (tertiary/aromatic N) is 1. The van der Waals surface area contributed by atoms with Crippen LogP contribution >= 0.6 is 0 Å². The molecule has 1 aromatic carbocycles. The first-order chi connectivity index (χ1) is 15.6. The van der Waals surface area contributed by atoms with E-state index >= 15 is 0 Å². The minimum absolute atomic E-state index is 0.170. The van der Waals surface area contributed by atoms with Crippen molar-refractivity contribution in [3.63, 3.8) is 0 Å². The van der Waals surface area contributed by atoms with Gasteiger partial charge in [0.15, 0.2) is 23.1 Å². The van der Waals surface area contributed by atoms with Gasteiger partial charge in [0.25, 0.3) is 0 Å². The summed E-state index contributed by atoms with van der Waals surface area (Å²) in [7, 11) is 3.67. The van der Waals surface area contributed by atoms with Crippen molar-refractivity contribution in [2.75, 3.05) is 20.8 Å². The molecule has 0 N–H and O–H groups in total. The van der Waals surface area contributed by atoms with Gasteiger partial charge in [0.2, 0.25) is 0 Å². The molecule has 0 fully saturated rings. The molecule has 32 heavy (non-hydrogen) atoms. The summed E-state index contributed by atoms with van der Waals surface area (Å²) < 4.78 is 11.7. The van der Waals surface area contributed by atoms with Gasteiger partial charge in [-0.1, -0.05) is 32.3 Å². The molecular weight excluding hydrogens is 402 g/mol. The Hall–Kier alpha value is -2.56. The Morgan fingerprint density at radius 3 is 2.16 bits per heavy atom. The average Bonchev–Trinajstić information content (AvgIpc) is 2.80. The van der Waals surface area contributed by atoms with Crippen LogP contribution in [0.1, 0.15) is 82.6 Å². The van der Waals surface area contributed by atoms with Crippen LogP contribution in [-0.2, 0) is 9.59 Å². The molecule has 0 amide bonds. The van der Waals surface area contributed by atoms with E-state index in [1.807, 2.05) is 25.2 Å². The molecule has 0 aromatic heterocycles. The maximum absolute atomic E-state index is 13.1. The monoisotopic (exact) mass is 437 g/mol. The molecule has 0 radical (unpaired) electrons. The van der Waals surface area contributed by atoms with E-state index in [2.05, 4.69) is 11.8 Å². The number of rotatable bonds is 8. The van der Waals surface area contributed by atoms with Crippen LogP contribution in [0.4, 0.5) is 0 Å². The molecule has 0 unspecified atom stereocenters. The zero-order chi connectivity index (χ0) is 22.7. The summed E-state index contributed by atoms with van der Waals surface area (Å²) in [5.41, 5.74) is 4.75. The van der Waals surface area contributed by atoms with Gasteiger partial charge in [0, 0.05) is 48.3 Å². The molecule has 4 rings (SSSR count). The summed E-state index contributed by atoms with van der Waals surface area (Å²) in [6, 6.07) is 5.92. The molecule has 0 atom stereocenters. The lowest BCUT2D eigenvalue weighted by Crippen LogP contribution is -2.37. The van der Waals surface area contributed by atoms with Gasteiger partial charge in [0.1, 0.15) is 0 Å². The fourth-order valence-electron chi connectivity index (χ4n) is 5.38. The zero-order valence-electron chi connectivity index (χ0n) is 19.7. The van der Waals surface area contributed by atoms with Gasteiger partial charge in [-0.15, -0.1) is 0 Å². The van der Waals surface area contributed by atoms with Gasteiger partial charge in [-0.3, -0.25) is 9.59 Å². The summed E-state index contributed by atoms with van der Waals surface area (Å²) in [4.78, 5) is 28.4. The van der Waals surface area contributed by atoms with Gasteiger partial charge in [-0.25, -0.2) is 0 Å². The Labute approximate surface area is 191 Å². The molecule has 2 aliphatic carbocycles. The van der Waals surface area contributed by atoms with E-state index in [-0.39, 0.29) is 17.5 Å². The number of Topliss-reactive ketones (excluding diaryl/α,β-unsaturated/α-hetero) is 2. The SMILES string of the molecule is CCCCCCOc1ccc(C2C3=C(CCCC3=O)N(C)C3=C2C(=O)CCC3)cc1OC. The zero-order valence-corrected chi connectivity index (χ0v) is 19.7. The van der Waals surface area contributed by atoms with Gasteiger partial charge in [0.05, 0.1) is 13.7 Å². The van der Waals surface area contributed by atoms with E-state index in [4.69, 9.17) is 9.47 Å². The number of unbranched alkanes of at least 4 members (excludes halogenated alkanes) is 3. The van der Waals surface area contributed by atoms with Crippen LogP contribution in [0.25, 0.3) is 0 Å². The number of methoxy groups -OCH3 is 1. The Bertz CT molecular complexity index is 914. The predicted molar refractivity (Wildman–Crippen MR) is 125 cm³/mol. The highest BCUT2D eigenvalue weighted by Gasteiger charge is 2.42. The summed E-state index contributed by atoms with van der Waals surface area (Å²) in [5.74, 6) is 1.41. The molecule has 1 aromatic rings. The summed E-state index contributed by atoms with van der Waals surface area (Å²) in [5, 5.41) is 0. The lowest BCUT2D eigenvalue weighted by molar-refractivity contribution is -0.117. The van der Waals surface area contributed by atoms with Crippen LogP contribution in [0.3, 0.4) is 0 Å². The average molecular weight is 438 g/mol. The van der Waals surface area contributed by atoms with E-state index in [0.717, 1.165) is 66.6 Å². The fourth-order valence-corrected chi connectivity index (χ4v) is 5.38. The van der Waals surface area contributed by atoms with E-state index in [1.165, 1.54) is 12.8 Å². The smallest absolute Gasteiger partial charge is 0.161 e. The predicted octanol–water partition coefficient (Wildman–Crippen LogP) is 5.70. The Morgan fingerprint density at radius 1 is 0.906 bits per heavy atom. The third-order valence-corrected chi connectivity index (χ3v) is 7.02. The van der Waals surface area contributed by atoms with Crippen molar-refractivity contribution in [2.24, 2.45) is 0 Å². The van der Waals surface area contributed by atoms with Crippen LogP contribution in [0.2, 0.25) is 0 Å². The first kappa shape index (κ1) is 22.6. The highest BCUT2D eigenvalue weighted by Crippen LogP contribution is 2.49. The minimum Gasteiger partial charge on any atom is -0.493 e. The Kier molecular flexibility index (Phi) is 7.02. The maximum atomic E-state index is 13.1. The topological polar surface area (TPSA) is 55.8 Å². The first-order valence-electron chi connectivity index (χ1n) is 12.1. The summed E-state index contributed by atoms with van der Waals surface area (Å²) in [6.45, 7) is 2.85. The molecule has 0 saturated heterocycles. The molecule has 1 aliphatic heterocycles. The van der Waals surface area contributed by atoms with Crippen molar-refractivity contribution in [1.82, 2.24) is 4.90 Å². The van der Waals surface area contributed by atoms with Crippen LogP contribution in [0.5, 0.6) is 11.5 Å². The second-order valence-corrected chi connectivity index (χ2v) is 9.09. The number of benzene rings is 1. The van der Waals surface area contributed by atoms with Crippen molar-refractivity contribution < 1.29 is 19.1 Å². The van der Waals surface area contributed by atoms with Gasteiger partial charge >= 0.3 is 0 Å². The van der Waals surface area contributed by atoms with Crippen molar-refractivity contribution >= 4 is 11.6 Å². The van der Waals surface area contributed by atoms with Crippen LogP contribution in [-0.4, -0.2) is 37.2 Å². The van der Waals surface area contributed by atoms with Crippen molar-refractivity contribution in [3.8, 4) is 11.5 Å². The van der Waals surface area contributed by atoms with Crippen molar-refractivity contribution in [3.05, 3.63) is 46.3 Å². The Morgan fingerprint density at radius 2 is 1.56 bits per heavy atom. The molecule has 5 heteroatoms. The van der Waals surface area contributed by atoms with Gasteiger partial charge in [-0.2, -0.15) is 0 Å². The lowest BCUT2D eigenvalue weighted by atomic mass is 9.71. The largest absolute Gasteiger partial charge is 0.493 e. The highest BCUT2D eigenvalue weighted by molar-refractivity contribution is 6.06.